The van der Waals surface area contributed by atoms with Gasteiger partial charge in [0.25, 0.3) is 0 Å². The van der Waals surface area contributed by atoms with Gasteiger partial charge in [-0.2, -0.15) is 0 Å². The Morgan fingerprint density at radius 3 is 2.33 bits per heavy atom. The van der Waals surface area contributed by atoms with Gasteiger partial charge >= 0.3 is 0 Å². The summed E-state index contributed by atoms with van der Waals surface area (Å²) >= 11 is 3.58. The van der Waals surface area contributed by atoms with E-state index < -0.39 is 9.84 Å². The molecule has 0 saturated carbocycles. The van der Waals surface area contributed by atoms with Crippen LogP contribution in [0.1, 0.15) is 45.1 Å². The van der Waals surface area contributed by atoms with Gasteiger partial charge in [-0.25, -0.2) is 8.42 Å². The molecule has 2 atom stereocenters. The Labute approximate surface area is 119 Å². The van der Waals surface area contributed by atoms with Crippen LogP contribution in [-0.4, -0.2) is 19.0 Å². The van der Waals surface area contributed by atoms with E-state index in [0.717, 1.165) is 12.0 Å². The van der Waals surface area contributed by atoms with Crippen molar-refractivity contribution in [3.05, 3.63) is 29.8 Å². The highest BCUT2D eigenvalue weighted by Gasteiger charge is 2.24. The van der Waals surface area contributed by atoms with Crippen LogP contribution in [0.3, 0.4) is 0 Å². The van der Waals surface area contributed by atoms with Gasteiger partial charge in [-0.1, -0.05) is 54.9 Å². The molecule has 0 N–H and O–H groups in total. The Bertz CT molecular complexity index is 480. The maximum Gasteiger partial charge on any atom is 0.178 e. The topological polar surface area (TPSA) is 34.1 Å². The highest BCUT2D eigenvalue weighted by molar-refractivity contribution is 9.09. The fourth-order valence-corrected chi connectivity index (χ4v) is 4.52. The van der Waals surface area contributed by atoms with Crippen molar-refractivity contribution in [3.63, 3.8) is 0 Å². The quantitative estimate of drug-likeness (QED) is 0.733. The summed E-state index contributed by atoms with van der Waals surface area (Å²) in [6.45, 7) is 6.05. The minimum Gasteiger partial charge on any atom is -0.224 e. The summed E-state index contributed by atoms with van der Waals surface area (Å²) in [5.74, 6) is 0.449. The molecule has 102 valence electrons. The van der Waals surface area contributed by atoms with Crippen LogP contribution in [0, 0.1) is 0 Å². The van der Waals surface area contributed by atoms with Gasteiger partial charge in [-0.3, -0.25) is 0 Å². The van der Waals surface area contributed by atoms with Gasteiger partial charge < -0.3 is 0 Å². The first-order chi connectivity index (χ1) is 8.44. The fraction of sp³-hybridized carbons (Fsp3) is 0.571. The molecular weight excluding hydrogens is 312 g/mol. The van der Waals surface area contributed by atoms with Crippen LogP contribution in [0.25, 0.3) is 0 Å². The molecule has 0 fully saturated rings. The summed E-state index contributed by atoms with van der Waals surface area (Å²) in [4.78, 5) is 0.769. The van der Waals surface area contributed by atoms with E-state index in [1.165, 1.54) is 0 Å². The van der Waals surface area contributed by atoms with Gasteiger partial charge in [0.15, 0.2) is 9.84 Å². The van der Waals surface area contributed by atoms with Crippen molar-refractivity contribution < 1.29 is 8.42 Å². The Balaban J connectivity index is 3.30. The molecule has 0 radical (unpaired) electrons. The van der Waals surface area contributed by atoms with E-state index in [9.17, 15) is 8.42 Å². The minimum absolute atomic E-state index is 0.219. The SMILES string of the molecule is CCCS(=O)(=O)c1ccccc1C(CC)C(C)Br. The molecule has 2 nitrogen and oxygen atoms in total. The summed E-state index contributed by atoms with van der Waals surface area (Å²) in [5, 5.41) is 0. The van der Waals surface area contributed by atoms with Gasteiger partial charge in [0, 0.05) is 4.83 Å². The third-order valence-corrected chi connectivity index (χ3v) is 5.75. The average Bonchev–Trinajstić information content (AvgIpc) is 2.30. The van der Waals surface area contributed by atoms with Crippen molar-refractivity contribution >= 4 is 25.8 Å². The first kappa shape index (κ1) is 15.7. The number of rotatable bonds is 6. The third kappa shape index (κ3) is 3.58. The standard InChI is InChI=1S/C14H21BrO2S/c1-4-10-18(16,17)14-9-7-6-8-13(14)12(5-2)11(3)15/h6-9,11-12H,4-5,10H2,1-3H3. The van der Waals surface area contributed by atoms with Crippen LogP contribution in [0.4, 0.5) is 0 Å². The molecule has 1 rings (SSSR count). The molecule has 0 aliphatic heterocycles. The summed E-state index contributed by atoms with van der Waals surface area (Å²) in [7, 11) is -3.15. The van der Waals surface area contributed by atoms with E-state index in [1.54, 1.807) is 12.1 Å². The first-order valence-corrected chi connectivity index (χ1v) is 8.96. The Hall–Kier alpha value is -0.350. The monoisotopic (exact) mass is 332 g/mol. The molecule has 0 amide bonds. The van der Waals surface area contributed by atoms with E-state index >= 15 is 0 Å². The second-order valence-corrected chi connectivity index (χ2v) is 8.07. The Morgan fingerprint density at radius 2 is 1.83 bits per heavy atom. The van der Waals surface area contributed by atoms with E-state index in [2.05, 4.69) is 29.8 Å². The second-order valence-electron chi connectivity index (χ2n) is 4.55. The van der Waals surface area contributed by atoms with Gasteiger partial charge in [0.05, 0.1) is 10.6 Å². The highest BCUT2D eigenvalue weighted by atomic mass is 79.9. The van der Waals surface area contributed by atoms with Crippen molar-refractivity contribution in [2.24, 2.45) is 0 Å². The number of halogens is 1. The predicted octanol–water partition coefficient (Wildman–Crippen LogP) is 4.15. The lowest BCUT2D eigenvalue weighted by atomic mass is 9.94. The zero-order valence-electron chi connectivity index (χ0n) is 11.2. The molecule has 1 aromatic rings. The maximum absolute atomic E-state index is 12.3. The zero-order chi connectivity index (χ0) is 13.8. The van der Waals surface area contributed by atoms with E-state index in [1.807, 2.05) is 19.1 Å². The molecule has 0 spiro atoms. The smallest absolute Gasteiger partial charge is 0.178 e. The fourth-order valence-electron chi connectivity index (χ4n) is 2.24. The second kappa shape index (κ2) is 6.71. The summed E-state index contributed by atoms with van der Waals surface area (Å²) in [6, 6.07) is 7.39. The predicted molar refractivity (Wildman–Crippen MR) is 80.2 cm³/mol. The van der Waals surface area contributed by atoms with Crippen molar-refractivity contribution in [2.75, 3.05) is 5.75 Å². The van der Waals surface area contributed by atoms with Crippen LogP contribution in [0.2, 0.25) is 0 Å². The van der Waals surface area contributed by atoms with Crippen LogP contribution in [-0.2, 0) is 9.84 Å². The van der Waals surface area contributed by atoms with Crippen molar-refractivity contribution in [3.8, 4) is 0 Å². The van der Waals surface area contributed by atoms with Crippen molar-refractivity contribution in [1.82, 2.24) is 0 Å². The van der Waals surface area contributed by atoms with Gasteiger partial charge in [0.2, 0.25) is 0 Å². The number of hydrogen-bond donors (Lipinski definition) is 0. The van der Waals surface area contributed by atoms with Crippen molar-refractivity contribution in [1.29, 1.82) is 0 Å². The van der Waals surface area contributed by atoms with E-state index in [4.69, 9.17) is 0 Å². The largest absolute Gasteiger partial charge is 0.224 e. The first-order valence-electron chi connectivity index (χ1n) is 6.39. The van der Waals surface area contributed by atoms with E-state index in [0.29, 0.717) is 11.3 Å². The van der Waals surface area contributed by atoms with Gasteiger partial charge in [-0.05, 0) is 30.4 Å². The minimum atomic E-state index is -3.15. The number of hydrogen-bond acceptors (Lipinski definition) is 2. The Morgan fingerprint density at radius 1 is 1.22 bits per heavy atom. The Kier molecular flexibility index (Phi) is 5.86. The molecule has 0 aliphatic rings. The lowest BCUT2D eigenvalue weighted by Crippen LogP contribution is -2.15. The lowest BCUT2D eigenvalue weighted by Gasteiger charge is -2.21. The zero-order valence-corrected chi connectivity index (χ0v) is 13.6. The van der Waals surface area contributed by atoms with Crippen LogP contribution in [0.15, 0.2) is 29.2 Å². The summed E-state index contributed by atoms with van der Waals surface area (Å²) < 4.78 is 24.6. The van der Waals surface area contributed by atoms with Crippen molar-refractivity contribution in [2.45, 2.75) is 49.3 Å². The number of benzene rings is 1. The van der Waals surface area contributed by atoms with Crippen LogP contribution >= 0.6 is 15.9 Å². The number of alkyl halides is 1. The molecule has 4 heteroatoms. The molecule has 18 heavy (non-hydrogen) atoms. The molecule has 0 heterocycles. The van der Waals surface area contributed by atoms with E-state index in [-0.39, 0.29) is 16.5 Å². The van der Waals surface area contributed by atoms with Crippen LogP contribution in [0.5, 0.6) is 0 Å². The molecule has 1 aromatic carbocycles. The highest BCUT2D eigenvalue weighted by Crippen LogP contribution is 2.33. The molecule has 0 bridgehead atoms. The average molecular weight is 333 g/mol. The normalized spacial score (nSPS) is 15.3. The molecule has 0 aromatic heterocycles. The van der Waals surface area contributed by atoms with Crippen LogP contribution < -0.4 is 0 Å². The number of sulfone groups is 1. The maximum atomic E-state index is 12.3. The summed E-state index contributed by atoms with van der Waals surface area (Å²) in [5.41, 5.74) is 0.942. The van der Waals surface area contributed by atoms with Gasteiger partial charge in [0.1, 0.15) is 0 Å². The summed E-state index contributed by atoms with van der Waals surface area (Å²) in [6.07, 6.45) is 1.57. The molecule has 0 saturated heterocycles. The lowest BCUT2D eigenvalue weighted by molar-refractivity contribution is 0.588. The third-order valence-electron chi connectivity index (χ3n) is 3.12. The molecule has 0 aliphatic carbocycles. The molecular formula is C14H21BrO2S. The van der Waals surface area contributed by atoms with Gasteiger partial charge in [-0.15, -0.1) is 0 Å². The molecule has 2 unspecified atom stereocenters.